The van der Waals surface area contributed by atoms with Gasteiger partial charge >= 0.3 is 7.12 Å². The molecule has 0 aromatic heterocycles. The molecule has 1 saturated heterocycles. The van der Waals surface area contributed by atoms with Crippen molar-refractivity contribution < 1.29 is 14.1 Å². The fourth-order valence-electron chi connectivity index (χ4n) is 5.24. The van der Waals surface area contributed by atoms with E-state index in [1.165, 1.54) is 48.8 Å². The van der Waals surface area contributed by atoms with Crippen molar-refractivity contribution in [3.8, 4) is 11.1 Å². The number of carbonyl (C=O) groups excluding carboxylic acids is 1. The van der Waals surface area contributed by atoms with Crippen molar-refractivity contribution in [1.82, 2.24) is 0 Å². The van der Waals surface area contributed by atoms with Crippen LogP contribution < -0.4 is 10.8 Å². The Morgan fingerprint density at radius 2 is 1.47 bits per heavy atom. The number of benzene rings is 3. The van der Waals surface area contributed by atoms with Gasteiger partial charge in [-0.15, -0.1) is 0 Å². The zero-order valence-electron chi connectivity index (χ0n) is 21.8. The standard InChI is InChI=1S/C31H36BNO3/c1-30(2)31(3,4)36-32(35-30)25-16-18-26(19-17-25)33-29(34)24-15-20-27(22-11-7-5-8-12-22)28(21-24)23-13-9-6-10-14-23/h5,7-8,11-12,15-21,23H,6,9-10,13-14H2,1-4H3,(H,33,34). The SMILES string of the molecule is CC1(C)OB(c2ccc(NC(=O)c3ccc(-c4ccccc4)c(C4CCCCC4)c3)cc2)OC1(C)C. The van der Waals surface area contributed by atoms with Gasteiger partial charge in [-0.25, -0.2) is 0 Å². The van der Waals surface area contributed by atoms with Gasteiger partial charge in [0.15, 0.2) is 0 Å². The number of hydrogen-bond acceptors (Lipinski definition) is 3. The second kappa shape index (κ2) is 9.87. The van der Waals surface area contributed by atoms with E-state index in [2.05, 4.69) is 41.7 Å². The van der Waals surface area contributed by atoms with Crippen molar-refractivity contribution in [3.63, 3.8) is 0 Å². The highest BCUT2D eigenvalue weighted by molar-refractivity contribution is 6.62. The summed E-state index contributed by atoms with van der Waals surface area (Å²) >= 11 is 0. The Bertz CT molecular complexity index is 1200. The number of carbonyl (C=O) groups is 1. The smallest absolute Gasteiger partial charge is 0.399 e. The number of anilines is 1. The third kappa shape index (κ3) is 5.00. The molecule has 5 heteroatoms. The van der Waals surface area contributed by atoms with Gasteiger partial charge in [0.25, 0.3) is 5.91 Å². The molecule has 4 nitrogen and oxygen atoms in total. The molecule has 3 aromatic carbocycles. The molecule has 1 heterocycles. The van der Waals surface area contributed by atoms with Gasteiger partial charge in [0.05, 0.1) is 11.2 Å². The van der Waals surface area contributed by atoms with E-state index in [0.717, 1.165) is 11.2 Å². The maximum absolute atomic E-state index is 13.2. The zero-order valence-corrected chi connectivity index (χ0v) is 21.8. The van der Waals surface area contributed by atoms with Gasteiger partial charge in [0.1, 0.15) is 0 Å². The van der Waals surface area contributed by atoms with Crippen LogP contribution in [0.15, 0.2) is 72.8 Å². The summed E-state index contributed by atoms with van der Waals surface area (Å²) in [5.41, 5.74) is 5.38. The quantitative estimate of drug-likeness (QED) is 0.401. The number of hydrogen-bond donors (Lipinski definition) is 1. The lowest BCUT2D eigenvalue weighted by Crippen LogP contribution is -2.41. The summed E-state index contributed by atoms with van der Waals surface area (Å²) in [5.74, 6) is 0.413. The fourth-order valence-corrected chi connectivity index (χ4v) is 5.24. The maximum atomic E-state index is 13.2. The molecule has 0 atom stereocenters. The fraction of sp³-hybridized carbons (Fsp3) is 0.387. The largest absolute Gasteiger partial charge is 0.494 e. The summed E-state index contributed by atoms with van der Waals surface area (Å²) in [7, 11) is -0.414. The van der Waals surface area contributed by atoms with Crippen molar-refractivity contribution in [2.45, 2.75) is 76.9 Å². The molecular weight excluding hydrogens is 445 g/mol. The molecule has 1 amide bonds. The van der Waals surface area contributed by atoms with Gasteiger partial charge in [-0.05, 0) is 92.9 Å². The molecule has 5 rings (SSSR count). The van der Waals surface area contributed by atoms with E-state index in [-0.39, 0.29) is 17.1 Å². The number of nitrogens with one attached hydrogen (secondary N) is 1. The predicted octanol–water partition coefficient (Wildman–Crippen LogP) is 6.95. The van der Waals surface area contributed by atoms with E-state index >= 15 is 0 Å². The second-order valence-corrected chi connectivity index (χ2v) is 11.2. The van der Waals surface area contributed by atoms with Crippen LogP contribution >= 0.6 is 0 Å². The van der Waals surface area contributed by atoms with Gasteiger partial charge in [-0.3, -0.25) is 4.79 Å². The first-order valence-corrected chi connectivity index (χ1v) is 13.2. The van der Waals surface area contributed by atoms with Crippen LogP contribution in [0.25, 0.3) is 11.1 Å². The highest BCUT2D eigenvalue weighted by atomic mass is 16.7. The minimum Gasteiger partial charge on any atom is -0.399 e. The minimum atomic E-state index is -0.414. The maximum Gasteiger partial charge on any atom is 0.494 e. The molecule has 36 heavy (non-hydrogen) atoms. The average Bonchev–Trinajstić information content (AvgIpc) is 3.11. The molecule has 1 aliphatic heterocycles. The van der Waals surface area contributed by atoms with Crippen LogP contribution in [-0.2, 0) is 9.31 Å². The average molecular weight is 481 g/mol. The Kier molecular flexibility index (Phi) is 6.80. The van der Waals surface area contributed by atoms with Crippen molar-refractivity contribution >= 4 is 24.2 Å². The number of rotatable bonds is 5. The van der Waals surface area contributed by atoms with Crippen LogP contribution in [0.3, 0.4) is 0 Å². The third-order valence-corrected chi connectivity index (χ3v) is 8.14. The Hall–Kier alpha value is -2.89. The molecule has 1 saturated carbocycles. The lowest BCUT2D eigenvalue weighted by atomic mass is 9.79. The van der Waals surface area contributed by atoms with Crippen molar-refractivity contribution in [3.05, 3.63) is 83.9 Å². The first-order chi connectivity index (χ1) is 17.2. The molecule has 0 bridgehead atoms. The monoisotopic (exact) mass is 481 g/mol. The molecule has 2 aliphatic rings. The Labute approximate surface area is 215 Å². The summed E-state index contributed by atoms with van der Waals surface area (Å²) in [6.07, 6.45) is 6.19. The highest BCUT2D eigenvalue weighted by Crippen LogP contribution is 2.39. The lowest BCUT2D eigenvalue weighted by Gasteiger charge is -2.32. The molecule has 0 unspecified atom stereocenters. The van der Waals surface area contributed by atoms with Crippen molar-refractivity contribution in [1.29, 1.82) is 0 Å². The Morgan fingerprint density at radius 1 is 0.833 bits per heavy atom. The Balaban J connectivity index is 1.35. The molecular formula is C31H36BNO3. The Morgan fingerprint density at radius 3 is 2.11 bits per heavy atom. The first-order valence-electron chi connectivity index (χ1n) is 13.2. The summed E-state index contributed by atoms with van der Waals surface area (Å²) in [5, 5.41) is 3.08. The third-order valence-electron chi connectivity index (χ3n) is 8.14. The zero-order chi connectivity index (χ0) is 25.3. The van der Waals surface area contributed by atoms with Crippen LogP contribution in [0.2, 0.25) is 0 Å². The van der Waals surface area contributed by atoms with Crippen LogP contribution in [0.4, 0.5) is 5.69 Å². The summed E-state index contributed by atoms with van der Waals surface area (Å²) in [6, 6.07) is 24.5. The number of amides is 1. The van der Waals surface area contributed by atoms with Crippen LogP contribution in [0.1, 0.15) is 81.6 Å². The van der Waals surface area contributed by atoms with Crippen LogP contribution in [0, 0.1) is 0 Å². The van der Waals surface area contributed by atoms with Crippen molar-refractivity contribution in [2.24, 2.45) is 0 Å². The molecule has 186 valence electrons. The van der Waals surface area contributed by atoms with Crippen LogP contribution in [-0.4, -0.2) is 24.2 Å². The molecule has 1 N–H and O–H groups in total. The summed E-state index contributed by atoms with van der Waals surface area (Å²) in [6.45, 7) is 8.19. The van der Waals surface area contributed by atoms with Gasteiger partial charge in [-0.2, -0.15) is 0 Å². The normalized spacial score (nSPS) is 19.3. The van der Waals surface area contributed by atoms with Gasteiger partial charge < -0.3 is 14.6 Å². The van der Waals surface area contributed by atoms with Gasteiger partial charge in [0.2, 0.25) is 0 Å². The van der Waals surface area contributed by atoms with E-state index in [9.17, 15) is 4.79 Å². The first kappa shape index (κ1) is 24.8. The van der Waals surface area contributed by atoms with E-state index in [0.29, 0.717) is 11.5 Å². The van der Waals surface area contributed by atoms with Crippen LogP contribution in [0.5, 0.6) is 0 Å². The van der Waals surface area contributed by atoms with E-state index in [1.54, 1.807) is 0 Å². The van der Waals surface area contributed by atoms with Gasteiger partial charge in [-0.1, -0.05) is 67.8 Å². The molecule has 0 radical (unpaired) electrons. The topological polar surface area (TPSA) is 47.6 Å². The van der Waals surface area contributed by atoms with Gasteiger partial charge in [0, 0.05) is 11.3 Å². The summed E-state index contributed by atoms with van der Waals surface area (Å²) in [4.78, 5) is 13.2. The van der Waals surface area contributed by atoms with Crippen molar-refractivity contribution in [2.75, 3.05) is 5.32 Å². The lowest BCUT2D eigenvalue weighted by molar-refractivity contribution is 0.00578. The molecule has 3 aromatic rings. The highest BCUT2D eigenvalue weighted by Gasteiger charge is 2.51. The second-order valence-electron chi connectivity index (χ2n) is 11.2. The van der Waals surface area contributed by atoms with E-state index in [4.69, 9.17) is 9.31 Å². The predicted molar refractivity (Wildman–Crippen MR) is 148 cm³/mol. The summed E-state index contributed by atoms with van der Waals surface area (Å²) < 4.78 is 12.3. The van der Waals surface area contributed by atoms with E-state index in [1.807, 2.05) is 64.1 Å². The van der Waals surface area contributed by atoms with E-state index < -0.39 is 7.12 Å². The molecule has 1 aliphatic carbocycles. The molecule has 2 fully saturated rings. The molecule has 0 spiro atoms. The minimum absolute atomic E-state index is 0.0879.